The van der Waals surface area contributed by atoms with Gasteiger partial charge in [0.05, 0.1) is 11.3 Å². The van der Waals surface area contributed by atoms with Crippen LogP contribution in [-0.4, -0.2) is 17.5 Å². The number of amides is 1. The second-order valence-electron chi connectivity index (χ2n) is 9.76. The average molecular weight is 478 g/mol. The molecule has 0 radical (unpaired) electrons. The third-order valence-electron chi connectivity index (χ3n) is 5.75. The van der Waals surface area contributed by atoms with Gasteiger partial charge in [0, 0.05) is 5.56 Å². The van der Waals surface area contributed by atoms with E-state index >= 15 is 0 Å². The van der Waals surface area contributed by atoms with Gasteiger partial charge in [-0.15, -0.1) is 0 Å². The number of benzene rings is 4. The molecule has 0 aliphatic carbocycles. The highest BCUT2D eigenvalue weighted by atomic mass is 16.6. The lowest BCUT2D eigenvalue weighted by Crippen LogP contribution is -2.25. The van der Waals surface area contributed by atoms with E-state index in [2.05, 4.69) is 17.4 Å². The SMILES string of the molecule is CC(C)(C)OC(=O)c1ccc(CCc2ccccc2)cc1NC(=O)c1ccc(-c2ccccc2)cc1. The molecule has 1 N–H and O–H groups in total. The molecule has 4 aromatic rings. The van der Waals surface area contributed by atoms with Gasteiger partial charge in [0.15, 0.2) is 0 Å². The van der Waals surface area contributed by atoms with Crippen molar-refractivity contribution in [1.82, 2.24) is 0 Å². The second kappa shape index (κ2) is 11.0. The molecule has 0 saturated carbocycles. The van der Waals surface area contributed by atoms with E-state index in [1.807, 2.05) is 93.6 Å². The van der Waals surface area contributed by atoms with Crippen molar-refractivity contribution in [2.75, 3.05) is 5.32 Å². The topological polar surface area (TPSA) is 55.4 Å². The Morgan fingerprint density at radius 1 is 0.694 bits per heavy atom. The highest BCUT2D eigenvalue weighted by Crippen LogP contribution is 2.24. The summed E-state index contributed by atoms with van der Waals surface area (Å²) in [5.41, 5.74) is 5.04. The zero-order valence-electron chi connectivity index (χ0n) is 21.0. The molecule has 0 aliphatic heterocycles. The van der Waals surface area contributed by atoms with Crippen LogP contribution in [0.2, 0.25) is 0 Å². The van der Waals surface area contributed by atoms with Gasteiger partial charge >= 0.3 is 5.97 Å². The maximum Gasteiger partial charge on any atom is 0.340 e. The predicted molar refractivity (Wildman–Crippen MR) is 145 cm³/mol. The van der Waals surface area contributed by atoms with Gasteiger partial charge in [0.2, 0.25) is 0 Å². The molecule has 0 bridgehead atoms. The lowest BCUT2D eigenvalue weighted by molar-refractivity contribution is 0.00707. The Morgan fingerprint density at radius 3 is 1.92 bits per heavy atom. The van der Waals surface area contributed by atoms with Gasteiger partial charge in [-0.05, 0) is 80.1 Å². The van der Waals surface area contributed by atoms with Crippen LogP contribution in [0.3, 0.4) is 0 Å². The standard InChI is InChI=1S/C32H31NO3/c1-32(2,3)36-31(35)28-21-16-24(15-14-23-10-6-4-7-11-23)22-29(28)33-30(34)27-19-17-26(18-20-27)25-12-8-5-9-13-25/h4-13,16-22H,14-15H2,1-3H3,(H,33,34). The molecule has 4 rings (SSSR count). The highest BCUT2D eigenvalue weighted by Gasteiger charge is 2.22. The highest BCUT2D eigenvalue weighted by molar-refractivity contribution is 6.08. The molecule has 0 unspecified atom stereocenters. The summed E-state index contributed by atoms with van der Waals surface area (Å²) in [7, 11) is 0. The Labute approximate surface area is 213 Å². The molecule has 4 nitrogen and oxygen atoms in total. The van der Waals surface area contributed by atoms with Crippen LogP contribution < -0.4 is 5.32 Å². The van der Waals surface area contributed by atoms with Crippen molar-refractivity contribution in [2.24, 2.45) is 0 Å². The van der Waals surface area contributed by atoms with Gasteiger partial charge in [0.25, 0.3) is 5.91 Å². The van der Waals surface area contributed by atoms with Crippen LogP contribution >= 0.6 is 0 Å². The van der Waals surface area contributed by atoms with Crippen LogP contribution in [0.1, 0.15) is 52.6 Å². The molecule has 36 heavy (non-hydrogen) atoms. The van der Waals surface area contributed by atoms with Crippen LogP contribution in [0.5, 0.6) is 0 Å². The normalized spacial score (nSPS) is 11.1. The zero-order chi connectivity index (χ0) is 25.5. The minimum absolute atomic E-state index is 0.278. The molecule has 0 heterocycles. The van der Waals surface area contributed by atoms with Gasteiger partial charge in [-0.2, -0.15) is 0 Å². The first-order valence-corrected chi connectivity index (χ1v) is 12.2. The first-order valence-electron chi connectivity index (χ1n) is 12.2. The van der Waals surface area contributed by atoms with Gasteiger partial charge < -0.3 is 10.1 Å². The Kier molecular flexibility index (Phi) is 7.65. The van der Waals surface area contributed by atoms with E-state index in [9.17, 15) is 9.59 Å². The van der Waals surface area contributed by atoms with Gasteiger partial charge in [-0.25, -0.2) is 4.79 Å². The van der Waals surface area contributed by atoms with Crippen molar-refractivity contribution in [1.29, 1.82) is 0 Å². The van der Waals surface area contributed by atoms with Gasteiger partial charge in [-0.1, -0.05) is 78.9 Å². The summed E-state index contributed by atoms with van der Waals surface area (Å²) in [5, 5.41) is 2.95. The second-order valence-corrected chi connectivity index (χ2v) is 9.76. The molecule has 0 spiro atoms. The van der Waals surface area contributed by atoms with Gasteiger partial charge in [0.1, 0.15) is 5.60 Å². The number of anilines is 1. The van der Waals surface area contributed by atoms with Crippen LogP contribution in [0, 0.1) is 0 Å². The van der Waals surface area contributed by atoms with Crippen LogP contribution in [0.4, 0.5) is 5.69 Å². The van der Waals surface area contributed by atoms with Crippen LogP contribution in [-0.2, 0) is 17.6 Å². The van der Waals surface area contributed by atoms with Crippen molar-refractivity contribution in [3.05, 3.63) is 125 Å². The zero-order valence-corrected chi connectivity index (χ0v) is 21.0. The predicted octanol–water partition coefficient (Wildman–Crippen LogP) is 7.35. The summed E-state index contributed by atoms with van der Waals surface area (Å²) >= 11 is 0. The third kappa shape index (κ3) is 6.70. The monoisotopic (exact) mass is 477 g/mol. The number of ether oxygens (including phenoxy) is 1. The molecular weight excluding hydrogens is 446 g/mol. The lowest BCUT2D eigenvalue weighted by Gasteiger charge is -2.21. The minimum atomic E-state index is -0.641. The lowest BCUT2D eigenvalue weighted by atomic mass is 10.0. The smallest absolute Gasteiger partial charge is 0.340 e. The molecular formula is C32H31NO3. The molecule has 0 aromatic heterocycles. The van der Waals surface area contributed by atoms with Crippen molar-refractivity contribution in [2.45, 2.75) is 39.2 Å². The average Bonchev–Trinajstić information content (AvgIpc) is 2.88. The van der Waals surface area contributed by atoms with E-state index in [0.29, 0.717) is 16.8 Å². The maximum atomic E-state index is 13.1. The van der Waals surface area contributed by atoms with E-state index in [-0.39, 0.29) is 5.91 Å². The van der Waals surface area contributed by atoms with Crippen molar-refractivity contribution in [3.63, 3.8) is 0 Å². The molecule has 0 atom stereocenters. The van der Waals surface area contributed by atoms with Crippen molar-refractivity contribution >= 4 is 17.6 Å². The number of hydrogen-bond acceptors (Lipinski definition) is 3. The minimum Gasteiger partial charge on any atom is -0.456 e. The molecule has 182 valence electrons. The fourth-order valence-electron chi connectivity index (χ4n) is 3.93. The summed E-state index contributed by atoms with van der Waals surface area (Å²) in [6.07, 6.45) is 1.65. The quantitative estimate of drug-likeness (QED) is 0.283. The summed E-state index contributed by atoms with van der Waals surface area (Å²) in [6.45, 7) is 5.48. The fraction of sp³-hybridized carbons (Fsp3) is 0.188. The van der Waals surface area contributed by atoms with Crippen molar-refractivity contribution < 1.29 is 14.3 Å². The van der Waals surface area contributed by atoms with Gasteiger partial charge in [-0.3, -0.25) is 4.79 Å². The number of aryl methyl sites for hydroxylation is 2. The van der Waals surface area contributed by atoms with Crippen LogP contribution in [0.15, 0.2) is 103 Å². The van der Waals surface area contributed by atoms with E-state index in [1.54, 1.807) is 18.2 Å². The van der Waals surface area contributed by atoms with Crippen LogP contribution in [0.25, 0.3) is 11.1 Å². The molecule has 0 aliphatic rings. The van der Waals surface area contributed by atoms with E-state index < -0.39 is 11.6 Å². The Morgan fingerprint density at radius 2 is 1.28 bits per heavy atom. The molecule has 0 saturated heterocycles. The number of rotatable bonds is 7. The number of hydrogen-bond donors (Lipinski definition) is 1. The van der Waals surface area contributed by atoms with E-state index in [4.69, 9.17) is 4.74 Å². The maximum absolute atomic E-state index is 13.1. The Hall–Kier alpha value is -4.18. The first-order chi connectivity index (χ1) is 17.3. The third-order valence-corrected chi connectivity index (χ3v) is 5.75. The summed E-state index contributed by atoms with van der Waals surface area (Å²) in [5.74, 6) is -0.744. The molecule has 4 aromatic carbocycles. The Bertz CT molecular complexity index is 1320. The first kappa shape index (κ1) is 24.9. The molecule has 0 fully saturated rings. The Balaban J connectivity index is 1.56. The van der Waals surface area contributed by atoms with E-state index in [0.717, 1.165) is 29.5 Å². The number of carbonyl (C=O) groups is 2. The van der Waals surface area contributed by atoms with Crippen molar-refractivity contribution in [3.8, 4) is 11.1 Å². The number of carbonyl (C=O) groups excluding carboxylic acids is 2. The summed E-state index contributed by atoms with van der Waals surface area (Å²) < 4.78 is 5.60. The largest absolute Gasteiger partial charge is 0.456 e. The number of nitrogens with one attached hydrogen (secondary N) is 1. The summed E-state index contributed by atoms with van der Waals surface area (Å²) in [6, 6.07) is 33.2. The molecule has 4 heteroatoms. The number of esters is 1. The molecule has 1 amide bonds. The fourth-order valence-corrected chi connectivity index (χ4v) is 3.93. The van der Waals surface area contributed by atoms with E-state index in [1.165, 1.54) is 5.56 Å². The summed E-state index contributed by atoms with van der Waals surface area (Å²) in [4.78, 5) is 26.1.